The van der Waals surface area contributed by atoms with E-state index in [1.165, 1.54) is 6.21 Å². The van der Waals surface area contributed by atoms with Crippen LogP contribution in [0.15, 0.2) is 84.0 Å². The molecule has 0 aliphatic rings. The van der Waals surface area contributed by atoms with E-state index in [9.17, 15) is 9.59 Å². The molecule has 1 amide bonds. The summed E-state index contributed by atoms with van der Waals surface area (Å²) in [5.74, 6) is 0.908. The number of esters is 1. The zero-order chi connectivity index (χ0) is 23.3. The van der Waals surface area contributed by atoms with E-state index in [1.807, 2.05) is 18.2 Å². The Kier molecular flexibility index (Phi) is 9.03. The molecule has 0 radical (unpaired) electrons. The summed E-state index contributed by atoms with van der Waals surface area (Å²) in [6, 6.07) is 22.7. The number of hydrazone groups is 1. The van der Waals surface area contributed by atoms with Gasteiger partial charge in [0.25, 0.3) is 5.91 Å². The molecule has 0 heterocycles. The molecule has 3 rings (SSSR count). The van der Waals surface area contributed by atoms with Gasteiger partial charge in [0, 0.05) is 0 Å². The predicted molar refractivity (Wildman–Crippen MR) is 126 cm³/mol. The van der Waals surface area contributed by atoms with Crippen LogP contribution < -0.4 is 19.6 Å². The van der Waals surface area contributed by atoms with Crippen molar-refractivity contribution in [1.29, 1.82) is 0 Å². The summed E-state index contributed by atoms with van der Waals surface area (Å²) in [5, 5.41) is 3.90. The first-order valence-electron chi connectivity index (χ1n) is 10.7. The Balaban J connectivity index is 1.43. The van der Waals surface area contributed by atoms with E-state index in [0.29, 0.717) is 23.7 Å². The fraction of sp³-hybridized carbons (Fsp3) is 0.192. The molecule has 0 aliphatic carbocycles. The number of unbranched alkanes of at least 4 members (excludes halogenated alkanes) is 1. The Labute approximate surface area is 193 Å². The second kappa shape index (κ2) is 12.7. The number of nitrogens with one attached hydrogen (secondary N) is 1. The highest BCUT2D eigenvalue weighted by Gasteiger charge is 2.09. The highest BCUT2D eigenvalue weighted by atomic mass is 16.5. The SMILES string of the molecule is CCCCOc1ccc(C(=O)Oc2ccc(C=NNC(=O)COc3ccccc3)cc2)cc1. The van der Waals surface area contributed by atoms with Crippen LogP contribution in [-0.4, -0.2) is 31.3 Å². The molecule has 0 atom stereocenters. The Morgan fingerprint density at radius 1 is 0.848 bits per heavy atom. The van der Waals surface area contributed by atoms with Crippen LogP contribution in [0, 0.1) is 0 Å². The van der Waals surface area contributed by atoms with E-state index in [0.717, 1.165) is 24.2 Å². The molecular weight excluding hydrogens is 420 g/mol. The van der Waals surface area contributed by atoms with Gasteiger partial charge in [0.15, 0.2) is 6.61 Å². The Bertz CT molecular complexity index is 1050. The topological polar surface area (TPSA) is 86.2 Å². The minimum atomic E-state index is -0.456. The Morgan fingerprint density at radius 2 is 1.52 bits per heavy atom. The number of rotatable bonds is 11. The van der Waals surface area contributed by atoms with Crippen molar-refractivity contribution in [2.24, 2.45) is 5.10 Å². The van der Waals surface area contributed by atoms with Crippen molar-refractivity contribution in [3.05, 3.63) is 90.0 Å². The molecule has 3 aromatic rings. The van der Waals surface area contributed by atoms with Gasteiger partial charge in [0.2, 0.25) is 0 Å². The second-order valence-electron chi connectivity index (χ2n) is 7.08. The van der Waals surface area contributed by atoms with Gasteiger partial charge in [-0.25, -0.2) is 10.2 Å². The molecule has 170 valence electrons. The maximum absolute atomic E-state index is 12.3. The second-order valence-corrected chi connectivity index (χ2v) is 7.08. The average Bonchev–Trinajstić information content (AvgIpc) is 2.85. The Hall–Kier alpha value is -4.13. The normalized spacial score (nSPS) is 10.6. The third-order valence-electron chi connectivity index (χ3n) is 4.46. The molecular formula is C26H26N2O5. The largest absolute Gasteiger partial charge is 0.494 e. The first-order valence-corrected chi connectivity index (χ1v) is 10.7. The van der Waals surface area contributed by atoms with Crippen molar-refractivity contribution in [1.82, 2.24) is 5.43 Å². The van der Waals surface area contributed by atoms with Crippen molar-refractivity contribution in [3.8, 4) is 17.2 Å². The zero-order valence-electron chi connectivity index (χ0n) is 18.4. The maximum atomic E-state index is 12.3. The van der Waals surface area contributed by atoms with E-state index < -0.39 is 5.97 Å². The fourth-order valence-electron chi connectivity index (χ4n) is 2.69. The van der Waals surface area contributed by atoms with Gasteiger partial charge in [0.1, 0.15) is 17.2 Å². The lowest BCUT2D eigenvalue weighted by atomic mass is 10.2. The summed E-state index contributed by atoms with van der Waals surface area (Å²) in [6.45, 7) is 2.62. The minimum absolute atomic E-state index is 0.137. The van der Waals surface area contributed by atoms with E-state index in [1.54, 1.807) is 60.7 Å². The van der Waals surface area contributed by atoms with Crippen molar-refractivity contribution in [3.63, 3.8) is 0 Å². The number of nitrogens with zero attached hydrogens (tertiary/aromatic N) is 1. The van der Waals surface area contributed by atoms with Gasteiger partial charge in [-0.2, -0.15) is 5.10 Å². The molecule has 7 nitrogen and oxygen atoms in total. The molecule has 0 saturated carbocycles. The number of ether oxygens (including phenoxy) is 3. The molecule has 0 saturated heterocycles. The summed E-state index contributed by atoms with van der Waals surface area (Å²) < 4.78 is 16.3. The van der Waals surface area contributed by atoms with Crippen LogP contribution in [0.3, 0.4) is 0 Å². The quantitative estimate of drug-likeness (QED) is 0.153. The van der Waals surface area contributed by atoms with E-state index in [4.69, 9.17) is 14.2 Å². The highest BCUT2D eigenvalue weighted by Crippen LogP contribution is 2.17. The first kappa shape index (κ1) is 23.5. The molecule has 3 aromatic carbocycles. The van der Waals surface area contributed by atoms with Crippen molar-refractivity contribution in [2.75, 3.05) is 13.2 Å². The number of para-hydroxylation sites is 1. The summed E-state index contributed by atoms with van der Waals surface area (Å²) in [4.78, 5) is 24.1. The molecule has 0 fully saturated rings. The van der Waals surface area contributed by atoms with Crippen molar-refractivity contribution < 1.29 is 23.8 Å². The monoisotopic (exact) mass is 446 g/mol. The fourth-order valence-corrected chi connectivity index (χ4v) is 2.69. The van der Waals surface area contributed by atoms with Crippen LogP contribution in [0.5, 0.6) is 17.2 Å². The molecule has 33 heavy (non-hydrogen) atoms. The number of amides is 1. The van der Waals surface area contributed by atoms with Gasteiger partial charge in [-0.15, -0.1) is 0 Å². The number of carbonyl (C=O) groups excluding carboxylic acids is 2. The third-order valence-corrected chi connectivity index (χ3v) is 4.46. The molecule has 0 aromatic heterocycles. The highest BCUT2D eigenvalue weighted by molar-refractivity contribution is 5.91. The van der Waals surface area contributed by atoms with Gasteiger partial charge < -0.3 is 14.2 Å². The number of benzene rings is 3. The van der Waals surface area contributed by atoms with Gasteiger partial charge in [-0.3, -0.25) is 4.79 Å². The molecule has 7 heteroatoms. The lowest BCUT2D eigenvalue weighted by Gasteiger charge is -2.07. The van der Waals surface area contributed by atoms with E-state index in [2.05, 4.69) is 17.5 Å². The third kappa shape index (κ3) is 8.14. The van der Waals surface area contributed by atoms with Gasteiger partial charge in [0.05, 0.1) is 18.4 Å². The molecule has 0 unspecified atom stereocenters. The van der Waals surface area contributed by atoms with Gasteiger partial charge in [-0.1, -0.05) is 31.5 Å². The van der Waals surface area contributed by atoms with Crippen LogP contribution in [0.2, 0.25) is 0 Å². The van der Waals surface area contributed by atoms with Crippen LogP contribution in [0.4, 0.5) is 0 Å². The smallest absolute Gasteiger partial charge is 0.343 e. The van der Waals surface area contributed by atoms with Crippen LogP contribution in [0.25, 0.3) is 0 Å². The van der Waals surface area contributed by atoms with E-state index in [-0.39, 0.29) is 12.5 Å². The standard InChI is InChI=1S/C26H26N2O5/c1-2-3-17-31-23-15-11-21(12-16-23)26(30)33-24-13-9-20(10-14-24)18-27-28-25(29)19-32-22-7-5-4-6-8-22/h4-16,18H,2-3,17,19H2,1H3,(H,28,29). The summed E-state index contributed by atoms with van der Waals surface area (Å²) >= 11 is 0. The summed E-state index contributed by atoms with van der Waals surface area (Å²) in [6.07, 6.45) is 3.54. The molecule has 1 N–H and O–H groups in total. The molecule has 0 spiro atoms. The minimum Gasteiger partial charge on any atom is -0.494 e. The molecule has 0 bridgehead atoms. The summed E-state index contributed by atoms with van der Waals surface area (Å²) in [7, 11) is 0. The van der Waals surface area contributed by atoms with Gasteiger partial charge >= 0.3 is 5.97 Å². The Morgan fingerprint density at radius 3 is 2.21 bits per heavy atom. The average molecular weight is 447 g/mol. The zero-order valence-corrected chi connectivity index (χ0v) is 18.4. The number of carbonyl (C=O) groups is 2. The number of hydrogen-bond donors (Lipinski definition) is 1. The van der Waals surface area contributed by atoms with E-state index >= 15 is 0 Å². The lowest BCUT2D eigenvalue weighted by Crippen LogP contribution is -2.24. The van der Waals surface area contributed by atoms with Crippen LogP contribution >= 0.6 is 0 Å². The lowest BCUT2D eigenvalue weighted by molar-refractivity contribution is -0.123. The molecule has 0 aliphatic heterocycles. The van der Waals surface area contributed by atoms with Crippen molar-refractivity contribution in [2.45, 2.75) is 19.8 Å². The van der Waals surface area contributed by atoms with Crippen LogP contribution in [-0.2, 0) is 4.79 Å². The van der Waals surface area contributed by atoms with Crippen LogP contribution in [0.1, 0.15) is 35.7 Å². The first-order chi connectivity index (χ1) is 16.1. The summed E-state index contributed by atoms with van der Waals surface area (Å²) in [5.41, 5.74) is 3.56. The maximum Gasteiger partial charge on any atom is 0.343 e. The number of hydrogen-bond acceptors (Lipinski definition) is 6. The predicted octanol–water partition coefficient (Wildman–Crippen LogP) is 4.61. The van der Waals surface area contributed by atoms with Crippen molar-refractivity contribution >= 4 is 18.1 Å². The van der Waals surface area contributed by atoms with Gasteiger partial charge in [-0.05, 0) is 72.6 Å².